The number of para-hydroxylation sites is 2. The van der Waals surface area contributed by atoms with Crippen LogP contribution in [0.25, 0.3) is 0 Å². The molecule has 0 saturated heterocycles. The summed E-state index contributed by atoms with van der Waals surface area (Å²) < 4.78 is 5.08. The molecule has 0 heterocycles. The molecule has 0 unspecified atom stereocenters. The summed E-state index contributed by atoms with van der Waals surface area (Å²) in [5.41, 5.74) is 0. The van der Waals surface area contributed by atoms with E-state index in [0.717, 1.165) is 12.8 Å². The summed E-state index contributed by atoms with van der Waals surface area (Å²) in [7, 11) is 0. The summed E-state index contributed by atoms with van der Waals surface area (Å²) in [4.78, 5) is 11.5. The Balaban J connectivity index is 0.00000324. The van der Waals surface area contributed by atoms with E-state index in [0.29, 0.717) is 6.42 Å². The number of esters is 1. The minimum atomic E-state index is -0.271. The molecule has 0 aliphatic carbocycles. The van der Waals surface area contributed by atoms with E-state index in [4.69, 9.17) is 4.74 Å². The number of rotatable bonds is 8. The zero-order valence-corrected chi connectivity index (χ0v) is 14.0. The van der Waals surface area contributed by atoms with E-state index in [-0.39, 0.29) is 47.0 Å². The number of unbranched alkanes of at least 4 members (excludes halogenated alkanes) is 5. The van der Waals surface area contributed by atoms with E-state index in [9.17, 15) is 9.90 Å². The molecule has 0 aliphatic rings. The van der Waals surface area contributed by atoms with Crippen molar-refractivity contribution in [2.24, 2.45) is 0 Å². The quantitative estimate of drug-likeness (QED) is 0.340. The van der Waals surface area contributed by atoms with Crippen LogP contribution in [0.5, 0.6) is 11.5 Å². The number of hydrogen-bond acceptors (Lipinski definition) is 3. The Morgan fingerprint density at radius 1 is 1.11 bits per heavy atom. The number of carbonyl (C=O) groups is 1. The maximum atomic E-state index is 11.5. The van der Waals surface area contributed by atoms with Gasteiger partial charge >= 0.3 is 5.97 Å². The van der Waals surface area contributed by atoms with E-state index < -0.39 is 0 Å². The van der Waals surface area contributed by atoms with Crippen molar-refractivity contribution in [3.8, 4) is 11.5 Å². The fourth-order valence-electron chi connectivity index (χ4n) is 1.77. The Morgan fingerprint density at radius 2 is 1.74 bits per heavy atom. The van der Waals surface area contributed by atoms with Gasteiger partial charge in [-0.25, -0.2) is 0 Å². The van der Waals surface area contributed by atoms with Gasteiger partial charge < -0.3 is 9.84 Å². The van der Waals surface area contributed by atoms with Crippen LogP contribution in [0.2, 0.25) is 0 Å². The first-order valence-electron chi connectivity index (χ1n) is 6.72. The second-order valence-electron chi connectivity index (χ2n) is 4.46. The number of benzene rings is 1. The minimum absolute atomic E-state index is 0. The van der Waals surface area contributed by atoms with Crippen LogP contribution in [0.1, 0.15) is 51.9 Å². The van der Waals surface area contributed by atoms with E-state index in [1.54, 1.807) is 18.2 Å². The SMILES string of the molecule is CCCCCCCCC(=O)Oc1ccccc1O.[Na]. The standard InChI is InChI=1S/C15H22O3.Na/c1-2-3-4-5-6-7-12-15(17)18-14-11-9-8-10-13(14)16;/h8-11,16H,2-7,12H2,1H3;. The van der Waals surface area contributed by atoms with Crippen molar-refractivity contribution in [3.05, 3.63) is 24.3 Å². The van der Waals surface area contributed by atoms with Gasteiger partial charge in [0.2, 0.25) is 0 Å². The molecule has 0 amide bonds. The van der Waals surface area contributed by atoms with Gasteiger partial charge in [0.05, 0.1) is 0 Å². The molecule has 0 spiro atoms. The van der Waals surface area contributed by atoms with Gasteiger partial charge in [-0.05, 0) is 18.6 Å². The molecule has 0 fully saturated rings. The Hall–Kier alpha value is -0.510. The molecule has 1 radical (unpaired) electrons. The summed E-state index contributed by atoms with van der Waals surface area (Å²) in [5.74, 6) is -0.0192. The van der Waals surface area contributed by atoms with Crippen molar-refractivity contribution < 1.29 is 14.6 Å². The van der Waals surface area contributed by atoms with Crippen LogP contribution in [0.4, 0.5) is 0 Å². The molecular weight excluding hydrogens is 251 g/mol. The van der Waals surface area contributed by atoms with Crippen LogP contribution in [-0.4, -0.2) is 40.6 Å². The summed E-state index contributed by atoms with van der Waals surface area (Å²) >= 11 is 0. The number of phenols is 1. The number of aromatic hydroxyl groups is 1. The van der Waals surface area contributed by atoms with Crippen molar-refractivity contribution in [1.82, 2.24) is 0 Å². The predicted molar refractivity (Wildman–Crippen MR) is 77.5 cm³/mol. The number of carbonyl (C=O) groups excluding carboxylic acids is 1. The average Bonchev–Trinajstić information content (AvgIpc) is 2.36. The maximum absolute atomic E-state index is 11.5. The van der Waals surface area contributed by atoms with Gasteiger partial charge in [-0.2, -0.15) is 0 Å². The molecule has 1 N–H and O–H groups in total. The summed E-state index contributed by atoms with van der Waals surface area (Å²) in [6.07, 6.45) is 7.26. The third-order valence-corrected chi connectivity index (χ3v) is 2.82. The van der Waals surface area contributed by atoms with Crippen LogP contribution in [0.3, 0.4) is 0 Å². The fourth-order valence-corrected chi connectivity index (χ4v) is 1.77. The first-order chi connectivity index (χ1) is 8.74. The van der Waals surface area contributed by atoms with Gasteiger partial charge in [0.1, 0.15) is 0 Å². The van der Waals surface area contributed by atoms with Crippen molar-refractivity contribution in [2.75, 3.05) is 0 Å². The zero-order chi connectivity index (χ0) is 13.2. The zero-order valence-electron chi connectivity index (χ0n) is 12.0. The Morgan fingerprint density at radius 3 is 2.42 bits per heavy atom. The first kappa shape index (κ1) is 18.5. The van der Waals surface area contributed by atoms with Crippen molar-refractivity contribution in [2.45, 2.75) is 51.9 Å². The maximum Gasteiger partial charge on any atom is 0.311 e. The molecule has 0 aliphatic heterocycles. The van der Waals surface area contributed by atoms with Crippen LogP contribution in [0.15, 0.2) is 24.3 Å². The molecule has 0 saturated carbocycles. The Labute approximate surface area is 137 Å². The van der Waals surface area contributed by atoms with Gasteiger partial charge in [0.15, 0.2) is 11.5 Å². The average molecular weight is 273 g/mol. The van der Waals surface area contributed by atoms with Gasteiger partial charge in [-0.3, -0.25) is 4.79 Å². The number of phenolic OH excluding ortho intramolecular Hbond substituents is 1. The van der Waals surface area contributed by atoms with Crippen molar-refractivity contribution >= 4 is 35.5 Å². The van der Waals surface area contributed by atoms with Gasteiger partial charge in [0.25, 0.3) is 0 Å². The second-order valence-corrected chi connectivity index (χ2v) is 4.46. The smallest absolute Gasteiger partial charge is 0.311 e. The van der Waals surface area contributed by atoms with Crippen LogP contribution >= 0.6 is 0 Å². The first-order valence-corrected chi connectivity index (χ1v) is 6.72. The molecule has 3 nitrogen and oxygen atoms in total. The molecular formula is C15H22NaO3. The fraction of sp³-hybridized carbons (Fsp3) is 0.533. The van der Waals surface area contributed by atoms with E-state index in [1.165, 1.54) is 31.7 Å². The third kappa shape index (κ3) is 8.30. The molecule has 4 heteroatoms. The van der Waals surface area contributed by atoms with Crippen LogP contribution in [0, 0.1) is 0 Å². The second kappa shape index (κ2) is 11.3. The van der Waals surface area contributed by atoms with Gasteiger partial charge in [0, 0.05) is 36.0 Å². The molecule has 1 aromatic carbocycles. The predicted octanol–water partition coefficient (Wildman–Crippen LogP) is 3.67. The normalized spacial score (nSPS) is 9.74. The van der Waals surface area contributed by atoms with E-state index in [2.05, 4.69) is 6.92 Å². The molecule has 1 aromatic rings. The molecule has 0 atom stereocenters. The minimum Gasteiger partial charge on any atom is -0.504 e. The summed E-state index contributed by atoms with van der Waals surface area (Å²) in [6, 6.07) is 6.52. The Bertz CT molecular complexity index is 366. The monoisotopic (exact) mass is 273 g/mol. The van der Waals surface area contributed by atoms with E-state index >= 15 is 0 Å². The van der Waals surface area contributed by atoms with Gasteiger partial charge in [-0.1, -0.05) is 51.2 Å². The largest absolute Gasteiger partial charge is 0.504 e. The molecule has 0 bridgehead atoms. The summed E-state index contributed by atoms with van der Waals surface area (Å²) in [6.45, 7) is 2.18. The Kier molecular flexibility index (Phi) is 11.0. The number of ether oxygens (including phenoxy) is 1. The number of hydrogen-bond donors (Lipinski definition) is 1. The third-order valence-electron chi connectivity index (χ3n) is 2.82. The van der Waals surface area contributed by atoms with Crippen molar-refractivity contribution in [3.63, 3.8) is 0 Å². The van der Waals surface area contributed by atoms with Gasteiger partial charge in [-0.15, -0.1) is 0 Å². The molecule has 101 valence electrons. The molecule has 0 aromatic heterocycles. The topological polar surface area (TPSA) is 46.5 Å². The molecule has 19 heavy (non-hydrogen) atoms. The van der Waals surface area contributed by atoms with Crippen LogP contribution in [-0.2, 0) is 4.79 Å². The van der Waals surface area contributed by atoms with Crippen molar-refractivity contribution in [1.29, 1.82) is 0 Å². The van der Waals surface area contributed by atoms with E-state index in [1.807, 2.05) is 0 Å². The molecule has 1 rings (SSSR count). The van der Waals surface area contributed by atoms with Crippen LogP contribution < -0.4 is 4.74 Å². The summed E-state index contributed by atoms with van der Waals surface area (Å²) in [5, 5.41) is 9.45.